The molecule has 5 rings (SSSR count). The number of ether oxygens (including phenoxy) is 4. The van der Waals surface area contributed by atoms with E-state index in [1.807, 2.05) is 0 Å². The molecule has 2 heterocycles. The second-order valence-corrected chi connectivity index (χ2v) is 11.4. The first-order valence-corrected chi connectivity index (χ1v) is 14.4. The van der Waals surface area contributed by atoms with Crippen LogP contribution < -0.4 is 10.1 Å². The SMILES string of the molecule is C/C(=C\c1ccc(O[C@@H]2O[C@H](/C(C)=N/OCc3cccc(Cl)c3)[C@@H](O)[C@@H]2F)c(F)c1)C(=O)N[C@@H]1[C@H](O)[C@@H](O)[C@H]2OCO[C@H]2[C@@H]1O. The van der Waals surface area contributed by atoms with Crippen molar-refractivity contribution in [2.24, 2.45) is 5.16 Å². The summed E-state index contributed by atoms with van der Waals surface area (Å²) < 4.78 is 51.2. The van der Waals surface area contributed by atoms with Crippen molar-refractivity contribution in [2.75, 3.05) is 6.79 Å². The number of carbonyl (C=O) groups is 1. The third-order valence-corrected chi connectivity index (χ3v) is 7.99. The fourth-order valence-corrected chi connectivity index (χ4v) is 5.53. The van der Waals surface area contributed by atoms with E-state index in [-0.39, 0.29) is 36.0 Å². The lowest BCUT2D eigenvalue weighted by Gasteiger charge is -2.41. The summed E-state index contributed by atoms with van der Waals surface area (Å²) >= 11 is 5.95. The summed E-state index contributed by atoms with van der Waals surface area (Å²) in [6.07, 6.45) is -11.4. The molecule has 2 aromatic rings. The predicted molar refractivity (Wildman–Crippen MR) is 154 cm³/mol. The molecule has 2 aliphatic heterocycles. The van der Waals surface area contributed by atoms with Gasteiger partial charge in [-0.2, -0.15) is 0 Å². The van der Waals surface area contributed by atoms with Gasteiger partial charge in [0.2, 0.25) is 12.2 Å². The second kappa shape index (κ2) is 14.1. The number of halogens is 3. The highest BCUT2D eigenvalue weighted by atomic mass is 35.5. The largest absolute Gasteiger partial charge is 0.459 e. The number of hydrogen-bond acceptors (Lipinski definition) is 11. The average molecular weight is 655 g/mol. The van der Waals surface area contributed by atoms with Gasteiger partial charge in [-0.3, -0.25) is 4.79 Å². The molecule has 3 fully saturated rings. The molecule has 3 aliphatic rings. The van der Waals surface area contributed by atoms with Crippen molar-refractivity contribution < 1.29 is 57.8 Å². The van der Waals surface area contributed by atoms with Gasteiger partial charge in [-0.1, -0.05) is 35.0 Å². The molecule has 0 aromatic heterocycles. The second-order valence-electron chi connectivity index (χ2n) is 11.0. The first kappa shape index (κ1) is 33.2. The quantitative estimate of drug-likeness (QED) is 0.152. The number of rotatable bonds is 9. The van der Waals surface area contributed by atoms with E-state index in [9.17, 15) is 34.0 Å². The molecule has 45 heavy (non-hydrogen) atoms. The van der Waals surface area contributed by atoms with Gasteiger partial charge in [0, 0.05) is 10.6 Å². The highest BCUT2D eigenvalue weighted by Crippen LogP contribution is 2.31. The summed E-state index contributed by atoms with van der Waals surface area (Å²) in [5.41, 5.74) is 1.21. The lowest BCUT2D eigenvalue weighted by molar-refractivity contribution is -0.155. The van der Waals surface area contributed by atoms with Crippen LogP contribution >= 0.6 is 11.6 Å². The monoisotopic (exact) mass is 654 g/mol. The zero-order valence-corrected chi connectivity index (χ0v) is 24.9. The summed E-state index contributed by atoms with van der Waals surface area (Å²) in [5.74, 6) is -1.96. The van der Waals surface area contributed by atoms with Crippen molar-refractivity contribution in [3.8, 4) is 5.75 Å². The number of aliphatic hydroxyl groups excluding tert-OH is 4. The first-order valence-electron chi connectivity index (χ1n) is 14.1. The van der Waals surface area contributed by atoms with Crippen LogP contribution in [0.5, 0.6) is 5.75 Å². The summed E-state index contributed by atoms with van der Waals surface area (Å²) in [6, 6.07) is 9.32. The Morgan fingerprint density at radius 2 is 1.80 bits per heavy atom. The van der Waals surface area contributed by atoms with Gasteiger partial charge in [-0.15, -0.1) is 0 Å². The number of amides is 1. The van der Waals surface area contributed by atoms with Crippen LogP contribution in [-0.4, -0.2) is 100 Å². The summed E-state index contributed by atoms with van der Waals surface area (Å²) in [6.45, 7) is 2.81. The van der Waals surface area contributed by atoms with Crippen LogP contribution in [0.15, 0.2) is 53.2 Å². The molecule has 2 saturated heterocycles. The molecule has 0 radical (unpaired) electrons. The Morgan fingerprint density at radius 1 is 1.07 bits per heavy atom. The van der Waals surface area contributed by atoms with Crippen molar-refractivity contribution in [1.29, 1.82) is 0 Å². The van der Waals surface area contributed by atoms with Crippen LogP contribution in [-0.2, 0) is 30.4 Å². The Labute approximate surface area is 261 Å². The van der Waals surface area contributed by atoms with E-state index >= 15 is 0 Å². The third-order valence-electron chi connectivity index (χ3n) is 7.76. The van der Waals surface area contributed by atoms with Crippen LogP contribution in [0.3, 0.4) is 0 Å². The third kappa shape index (κ3) is 7.28. The molecule has 0 bridgehead atoms. The van der Waals surface area contributed by atoms with E-state index in [2.05, 4.69) is 10.5 Å². The molecular formula is C30H33ClF2N2O10. The minimum absolute atomic E-state index is 0.0751. The lowest BCUT2D eigenvalue weighted by atomic mass is 9.83. The van der Waals surface area contributed by atoms with Gasteiger partial charge in [-0.25, -0.2) is 8.78 Å². The zero-order valence-electron chi connectivity index (χ0n) is 24.1. The van der Waals surface area contributed by atoms with Crippen LogP contribution in [0.25, 0.3) is 6.08 Å². The Bertz CT molecular complexity index is 1450. The number of carbonyl (C=O) groups excluding carboxylic acids is 1. The minimum atomic E-state index is -2.03. The van der Waals surface area contributed by atoms with Crippen molar-refractivity contribution in [2.45, 2.75) is 81.7 Å². The Kier molecular flexibility index (Phi) is 10.4. The van der Waals surface area contributed by atoms with Gasteiger partial charge in [0.25, 0.3) is 0 Å². The molecule has 0 unspecified atom stereocenters. The molecule has 2 aromatic carbocycles. The molecule has 0 spiro atoms. The lowest BCUT2D eigenvalue weighted by Crippen LogP contribution is -2.67. The van der Waals surface area contributed by atoms with E-state index in [4.69, 9.17) is 35.4 Å². The molecular weight excluding hydrogens is 622 g/mol. The molecule has 10 atom stereocenters. The molecule has 1 saturated carbocycles. The number of hydrogen-bond donors (Lipinski definition) is 5. The number of oxime groups is 1. The minimum Gasteiger partial charge on any atom is -0.459 e. The molecule has 1 amide bonds. The molecule has 15 heteroatoms. The number of nitrogens with zero attached hydrogens (tertiary/aromatic N) is 1. The maximum absolute atomic E-state index is 15.0. The van der Waals surface area contributed by atoms with Gasteiger partial charge >= 0.3 is 0 Å². The Morgan fingerprint density at radius 3 is 2.51 bits per heavy atom. The number of fused-ring (bicyclic) bond motifs is 1. The molecule has 12 nitrogen and oxygen atoms in total. The molecule has 5 N–H and O–H groups in total. The standard InChI is InChI=1S/C30H33ClF2N2O10/c1-13(29(40)34-21-23(37)25(39)28-27(24(21)38)41-12-42-28)8-15-6-7-19(18(32)10-15)44-30-20(33)22(36)26(45-30)14(2)35-43-11-16-4-3-5-17(31)9-16/h3-10,20-28,30,36-39H,11-12H2,1-2H3,(H,34,40)/b13-8+,35-14+/t20-,21+,22-,23-,24+,25+,26+,27-,28+,30+/m0/s1. The van der Waals surface area contributed by atoms with Crippen molar-refractivity contribution in [3.05, 3.63) is 70.0 Å². The van der Waals surface area contributed by atoms with Gasteiger partial charge in [0.05, 0.1) is 11.8 Å². The molecule has 244 valence electrons. The van der Waals surface area contributed by atoms with Gasteiger partial charge < -0.3 is 49.5 Å². The maximum atomic E-state index is 15.0. The van der Waals surface area contributed by atoms with E-state index in [1.54, 1.807) is 24.3 Å². The summed E-state index contributed by atoms with van der Waals surface area (Å²) in [5, 5.41) is 48.5. The first-order chi connectivity index (χ1) is 21.4. The number of alkyl halides is 1. The fraction of sp³-hybridized carbons (Fsp3) is 0.467. The van der Waals surface area contributed by atoms with Gasteiger partial charge in [-0.05, 0) is 55.3 Å². The van der Waals surface area contributed by atoms with Crippen LogP contribution in [0.4, 0.5) is 8.78 Å². The topological polar surface area (TPSA) is 169 Å². The predicted octanol–water partition coefficient (Wildman–Crippen LogP) is 1.60. The van der Waals surface area contributed by atoms with Gasteiger partial charge in [0.15, 0.2) is 17.7 Å². The summed E-state index contributed by atoms with van der Waals surface area (Å²) in [7, 11) is 0. The summed E-state index contributed by atoms with van der Waals surface area (Å²) in [4.78, 5) is 18.1. The van der Waals surface area contributed by atoms with Gasteiger partial charge in [0.1, 0.15) is 56.1 Å². The molecule has 1 aliphatic carbocycles. The van der Waals surface area contributed by atoms with E-state index < -0.39 is 73.0 Å². The normalized spacial score (nSPS) is 33.5. The average Bonchev–Trinajstić information content (AvgIpc) is 3.61. The number of benzene rings is 2. The Hall–Kier alpha value is -3.21. The van der Waals surface area contributed by atoms with Crippen molar-refractivity contribution in [3.63, 3.8) is 0 Å². The highest BCUT2D eigenvalue weighted by molar-refractivity contribution is 6.30. The van der Waals surface area contributed by atoms with Crippen LogP contribution in [0, 0.1) is 5.82 Å². The zero-order chi connectivity index (χ0) is 32.4. The number of nitrogens with one attached hydrogen (secondary N) is 1. The Balaban J connectivity index is 1.18. The highest BCUT2D eigenvalue weighted by Gasteiger charge is 2.53. The van der Waals surface area contributed by atoms with E-state index in [0.29, 0.717) is 5.02 Å². The number of aliphatic hydroxyl groups is 4. The van der Waals surface area contributed by atoms with Crippen LogP contribution in [0.2, 0.25) is 5.02 Å². The van der Waals surface area contributed by atoms with Crippen molar-refractivity contribution in [1.82, 2.24) is 5.32 Å². The smallest absolute Gasteiger partial charge is 0.247 e. The van der Waals surface area contributed by atoms with Crippen molar-refractivity contribution >= 4 is 29.3 Å². The maximum Gasteiger partial charge on any atom is 0.247 e. The van der Waals surface area contributed by atoms with E-state index in [1.165, 1.54) is 32.1 Å². The van der Waals surface area contributed by atoms with E-state index in [0.717, 1.165) is 11.6 Å². The van der Waals surface area contributed by atoms with Crippen LogP contribution in [0.1, 0.15) is 25.0 Å². The fourth-order valence-electron chi connectivity index (χ4n) is 5.32.